The molecule has 2 N–H and O–H groups in total. The molecule has 0 aromatic carbocycles. The molecule has 92 valence electrons. The second-order valence-corrected chi connectivity index (χ2v) is 3.49. The molecule has 0 saturated heterocycles. The van der Waals surface area contributed by atoms with E-state index < -0.39 is 0 Å². The van der Waals surface area contributed by atoms with Gasteiger partial charge in [-0.1, -0.05) is 0 Å². The summed E-state index contributed by atoms with van der Waals surface area (Å²) in [6.07, 6.45) is 4.21. The molecule has 0 atom stereocenters. The number of hydrogen-bond acceptors (Lipinski definition) is 4. The van der Waals surface area contributed by atoms with Crippen molar-refractivity contribution in [3.63, 3.8) is 0 Å². The maximum Gasteiger partial charge on any atom is 0.0700 e. The zero-order valence-corrected chi connectivity index (χ0v) is 9.83. The van der Waals surface area contributed by atoms with Crippen LogP contribution >= 0.6 is 0 Å². The van der Waals surface area contributed by atoms with Crippen LogP contribution in [0.1, 0.15) is 25.7 Å². The van der Waals surface area contributed by atoms with Crippen LogP contribution in [0.4, 0.5) is 0 Å². The summed E-state index contributed by atoms with van der Waals surface area (Å²) < 4.78 is 10.2. The van der Waals surface area contributed by atoms with Crippen molar-refractivity contribution in [2.24, 2.45) is 0 Å². The minimum atomic E-state index is 0.313. The fraction of sp³-hybridized carbons (Fsp3) is 1.00. The van der Waals surface area contributed by atoms with E-state index >= 15 is 0 Å². The topological polar surface area (TPSA) is 50.7 Å². The zero-order chi connectivity index (χ0) is 11.2. The van der Waals surface area contributed by atoms with Crippen LogP contribution < -0.4 is 5.32 Å². The van der Waals surface area contributed by atoms with Gasteiger partial charge in [-0.2, -0.15) is 0 Å². The van der Waals surface area contributed by atoms with Crippen molar-refractivity contribution in [3.8, 4) is 0 Å². The van der Waals surface area contributed by atoms with E-state index in [1.165, 1.54) is 0 Å². The van der Waals surface area contributed by atoms with Gasteiger partial charge in [-0.25, -0.2) is 0 Å². The van der Waals surface area contributed by atoms with Crippen molar-refractivity contribution >= 4 is 0 Å². The van der Waals surface area contributed by atoms with Crippen molar-refractivity contribution in [2.45, 2.75) is 25.7 Å². The molecule has 0 aromatic rings. The Kier molecular flexibility index (Phi) is 13.7. The Morgan fingerprint density at radius 3 is 2.47 bits per heavy atom. The maximum absolute atomic E-state index is 8.56. The minimum Gasteiger partial charge on any atom is -0.396 e. The van der Waals surface area contributed by atoms with Gasteiger partial charge in [0.25, 0.3) is 0 Å². The molecule has 0 amide bonds. The Morgan fingerprint density at radius 1 is 0.933 bits per heavy atom. The number of unbranched alkanes of at least 4 members (excludes halogenated alkanes) is 2. The number of rotatable bonds is 12. The van der Waals surface area contributed by atoms with Crippen LogP contribution in [0.2, 0.25) is 0 Å². The molecular weight excluding hydrogens is 194 g/mol. The summed E-state index contributed by atoms with van der Waals surface area (Å²) in [5.41, 5.74) is 0. The van der Waals surface area contributed by atoms with Crippen LogP contribution in [0, 0.1) is 0 Å². The average molecular weight is 219 g/mol. The molecule has 0 spiro atoms. The van der Waals surface area contributed by atoms with E-state index in [0.717, 1.165) is 45.4 Å². The second-order valence-electron chi connectivity index (χ2n) is 3.49. The molecule has 15 heavy (non-hydrogen) atoms. The standard InChI is InChI=1S/C11H25NO3/c1-14-10-11-15-9-5-7-12-6-3-2-4-8-13/h12-13H,2-11H2,1H3. The Bertz CT molecular complexity index is 100. The number of methoxy groups -OCH3 is 1. The van der Waals surface area contributed by atoms with Crippen molar-refractivity contribution in [2.75, 3.05) is 46.6 Å². The third kappa shape index (κ3) is 13.8. The van der Waals surface area contributed by atoms with Crippen LogP contribution in [0.15, 0.2) is 0 Å². The quantitative estimate of drug-likeness (QED) is 0.477. The molecule has 4 nitrogen and oxygen atoms in total. The minimum absolute atomic E-state index is 0.313. The maximum atomic E-state index is 8.56. The summed E-state index contributed by atoms with van der Waals surface area (Å²) in [4.78, 5) is 0. The van der Waals surface area contributed by atoms with Gasteiger partial charge in [0.1, 0.15) is 0 Å². The highest BCUT2D eigenvalue weighted by Crippen LogP contribution is 1.91. The number of aliphatic hydroxyl groups excluding tert-OH is 1. The molecule has 0 rings (SSSR count). The van der Waals surface area contributed by atoms with E-state index in [4.69, 9.17) is 14.6 Å². The first kappa shape index (κ1) is 14.8. The van der Waals surface area contributed by atoms with Crippen molar-refractivity contribution in [1.29, 1.82) is 0 Å². The van der Waals surface area contributed by atoms with Crippen molar-refractivity contribution < 1.29 is 14.6 Å². The van der Waals surface area contributed by atoms with E-state index in [-0.39, 0.29) is 0 Å². The van der Waals surface area contributed by atoms with Gasteiger partial charge in [0.2, 0.25) is 0 Å². The Balaban J connectivity index is 2.81. The molecule has 0 aromatic heterocycles. The molecule has 0 aliphatic heterocycles. The van der Waals surface area contributed by atoms with Gasteiger partial charge in [0.05, 0.1) is 13.2 Å². The fourth-order valence-corrected chi connectivity index (χ4v) is 1.21. The number of hydrogen-bond donors (Lipinski definition) is 2. The molecule has 0 aliphatic rings. The Morgan fingerprint density at radius 2 is 1.73 bits per heavy atom. The highest BCUT2D eigenvalue weighted by atomic mass is 16.5. The summed E-state index contributed by atoms with van der Waals surface area (Å²) in [5.74, 6) is 0. The van der Waals surface area contributed by atoms with E-state index in [9.17, 15) is 0 Å². The third-order valence-corrected chi connectivity index (χ3v) is 2.09. The molecule has 0 heterocycles. The smallest absolute Gasteiger partial charge is 0.0700 e. The van der Waals surface area contributed by atoms with Crippen molar-refractivity contribution in [3.05, 3.63) is 0 Å². The first-order chi connectivity index (χ1) is 7.41. The average Bonchev–Trinajstić information content (AvgIpc) is 2.26. The predicted octanol–water partition coefficient (Wildman–Crippen LogP) is 0.792. The van der Waals surface area contributed by atoms with Gasteiger partial charge < -0.3 is 19.9 Å². The summed E-state index contributed by atoms with van der Waals surface area (Å²) in [6, 6.07) is 0. The van der Waals surface area contributed by atoms with E-state index in [1.54, 1.807) is 7.11 Å². The van der Waals surface area contributed by atoms with E-state index in [1.807, 2.05) is 0 Å². The lowest BCUT2D eigenvalue weighted by atomic mass is 10.2. The van der Waals surface area contributed by atoms with Crippen LogP contribution in [0.5, 0.6) is 0 Å². The zero-order valence-electron chi connectivity index (χ0n) is 9.83. The highest BCUT2D eigenvalue weighted by molar-refractivity contribution is 4.48. The molecule has 0 bridgehead atoms. The second kappa shape index (κ2) is 13.8. The normalized spacial score (nSPS) is 10.8. The van der Waals surface area contributed by atoms with Crippen LogP contribution in [0.25, 0.3) is 0 Å². The fourth-order valence-electron chi connectivity index (χ4n) is 1.21. The predicted molar refractivity (Wildman–Crippen MR) is 61.1 cm³/mol. The molecule has 0 aliphatic carbocycles. The van der Waals surface area contributed by atoms with Crippen LogP contribution in [-0.2, 0) is 9.47 Å². The van der Waals surface area contributed by atoms with Gasteiger partial charge in [0, 0.05) is 20.3 Å². The van der Waals surface area contributed by atoms with Gasteiger partial charge in [0.15, 0.2) is 0 Å². The van der Waals surface area contributed by atoms with Crippen LogP contribution in [-0.4, -0.2) is 51.7 Å². The highest BCUT2D eigenvalue weighted by Gasteiger charge is 1.90. The summed E-state index contributed by atoms with van der Waals surface area (Å²) in [7, 11) is 1.68. The SMILES string of the molecule is COCCOCCCNCCCCCO. The van der Waals surface area contributed by atoms with Gasteiger partial charge in [-0.15, -0.1) is 0 Å². The Hall–Kier alpha value is -0.160. The van der Waals surface area contributed by atoms with Gasteiger partial charge in [-0.3, -0.25) is 0 Å². The van der Waals surface area contributed by atoms with Gasteiger partial charge in [-0.05, 0) is 38.8 Å². The van der Waals surface area contributed by atoms with Gasteiger partial charge >= 0.3 is 0 Å². The largest absolute Gasteiger partial charge is 0.396 e. The molecular formula is C11H25NO3. The lowest BCUT2D eigenvalue weighted by Gasteiger charge is -2.05. The number of ether oxygens (including phenoxy) is 2. The lowest BCUT2D eigenvalue weighted by Crippen LogP contribution is -2.18. The summed E-state index contributed by atoms with van der Waals surface area (Å²) in [5, 5.41) is 11.9. The molecule has 0 unspecified atom stereocenters. The summed E-state index contributed by atoms with van der Waals surface area (Å²) >= 11 is 0. The number of nitrogens with one attached hydrogen (secondary N) is 1. The summed E-state index contributed by atoms with van der Waals surface area (Å²) in [6.45, 7) is 4.52. The first-order valence-electron chi connectivity index (χ1n) is 5.80. The lowest BCUT2D eigenvalue weighted by molar-refractivity contribution is 0.0695. The van der Waals surface area contributed by atoms with Crippen LogP contribution in [0.3, 0.4) is 0 Å². The molecule has 0 saturated carbocycles. The Labute approximate surface area is 93.0 Å². The monoisotopic (exact) mass is 219 g/mol. The molecule has 4 heteroatoms. The first-order valence-corrected chi connectivity index (χ1v) is 5.80. The third-order valence-electron chi connectivity index (χ3n) is 2.09. The molecule has 0 radical (unpaired) electrons. The molecule has 0 fully saturated rings. The van der Waals surface area contributed by atoms with Crippen molar-refractivity contribution in [1.82, 2.24) is 5.32 Å². The number of aliphatic hydroxyl groups is 1. The van der Waals surface area contributed by atoms with E-state index in [2.05, 4.69) is 5.32 Å². The van der Waals surface area contributed by atoms with E-state index in [0.29, 0.717) is 19.8 Å².